The predicted octanol–water partition coefficient (Wildman–Crippen LogP) is 4.14. The second kappa shape index (κ2) is 9.22. The van der Waals surface area contributed by atoms with Gasteiger partial charge in [-0.25, -0.2) is 5.43 Å². The normalized spacial score (nSPS) is 11.0. The molecular formula is C18H17Cl2N3O3. The van der Waals surface area contributed by atoms with Gasteiger partial charge in [0.05, 0.1) is 34.8 Å². The zero-order valence-corrected chi connectivity index (χ0v) is 15.7. The average molecular weight is 394 g/mol. The third kappa shape index (κ3) is 5.21. The van der Waals surface area contributed by atoms with E-state index in [-0.39, 0.29) is 17.4 Å². The Morgan fingerprint density at radius 3 is 2.58 bits per heavy atom. The lowest BCUT2D eigenvalue weighted by Gasteiger charge is -2.09. The number of rotatable bonds is 6. The molecule has 0 aliphatic carbocycles. The summed E-state index contributed by atoms with van der Waals surface area (Å²) >= 11 is 11.9. The molecule has 2 amide bonds. The van der Waals surface area contributed by atoms with Gasteiger partial charge < -0.3 is 10.1 Å². The van der Waals surface area contributed by atoms with E-state index in [0.717, 1.165) is 0 Å². The van der Waals surface area contributed by atoms with E-state index in [9.17, 15) is 9.59 Å². The van der Waals surface area contributed by atoms with Crippen molar-refractivity contribution in [2.75, 3.05) is 12.4 Å². The van der Waals surface area contributed by atoms with Crippen molar-refractivity contribution < 1.29 is 14.3 Å². The maximum absolute atomic E-state index is 12.2. The number of methoxy groups -OCH3 is 1. The van der Waals surface area contributed by atoms with Gasteiger partial charge in [-0.2, -0.15) is 5.10 Å². The Morgan fingerprint density at radius 1 is 1.12 bits per heavy atom. The lowest BCUT2D eigenvalue weighted by molar-refractivity contribution is -0.115. The first-order valence-electron chi connectivity index (χ1n) is 7.62. The van der Waals surface area contributed by atoms with Gasteiger partial charge in [0.25, 0.3) is 5.91 Å². The van der Waals surface area contributed by atoms with Gasteiger partial charge in [0.15, 0.2) is 0 Å². The second-order valence-electron chi connectivity index (χ2n) is 5.31. The molecule has 2 N–H and O–H groups in total. The summed E-state index contributed by atoms with van der Waals surface area (Å²) in [4.78, 5) is 24.2. The Morgan fingerprint density at radius 2 is 1.85 bits per heavy atom. The van der Waals surface area contributed by atoms with Crippen LogP contribution in [0.1, 0.15) is 23.7 Å². The molecule has 0 radical (unpaired) electrons. The number of halogens is 2. The minimum atomic E-state index is -0.430. The molecule has 2 aromatic carbocycles. The summed E-state index contributed by atoms with van der Waals surface area (Å²) in [5.74, 6) is -0.326. The van der Waals surface area contributed by atoms with Crippen molar-refractivity contribution in [3.05, 3.63) is 58.1 Å². The third-order valence-electron chi connectivity index (χ3n) is 3.34. The summed E-state index contributed by atoms with van der Waals surface area (Å²) in [7, 11) is 1.48. The molecule has 6 nitrogen and oxygen atoms in total. The van der Waals surface area contributed by atoms with Gasteiger partial charge in [-0.15, -0.1) is 0 Å². The van der Waals surface area contributed by atoms with Crippen molar-refractivity contribution >= 4 is 46.4 Å². The van der Waals surface area contributed by atoms with Crippen LogP contribution in [0.15, 0.2) is 47.6 Å². The van der Waals surface area contributed by atoms with Gasteiger partial charge in [0, 0.05) is 5.71 Å². The van der Waals surface area contributed by atoms with E-state index in [1.165, 1.54) is 7.11 Å². The third-order valence-corrected chi connectivity index (χ3v) is 4.16. The van der Waals surface area contributed by atoms with Crippen molar-refractivity contribution in [1.82, 2.24) is 5.43 Å². The molecule has 2 aromatic rings. The van der Waals surface area contributed by atoms with Crippen LogP contribution in [0.3, 0.4) is 0 Å². The molecule has 136 valence electrons. The summed E-state index contributed by atoms with van der Waals surface area (Å²) in [6.07, 6.45) is -0.0188. The number of ether oxygens (including phenoxy) is 1. The molecule has 8 heteroatoms. The van der Waals surface area contributed by atoms with Crippen LogP contribution in [0.5, 0.6) is 5.75 Å². The molecule has 0 aliphatic heterocycles. The largest absolute Gasteiger partial charge is 0.496 e. The van der Waals surface area contributed by atoms with E-state index in [1.807, 2.05) is 0 Å². The Labute approximate surface area is 161 Å². The van der Waals surface area contributed by atoms with E-state index in [0.29, 0.717) is 27.7 Å². The van der Waals surface area contributed by atoms with Crippen molar-refractivity contribution in [3.8, 4) is 5.75 Å². The number of hydrogen-bond acceptors (Lipinski definition) is 4. The topological polar surface area (TPSA) is 79.8 Å². The van der Waals surface area contributed by atoms with E-state index < -0.39 is 5.91 Å². The fraction of sp³-hybridized carbons (Fsp3) is 0.167. The quantitative estimate of drug-likeness (QED) is 0.571. The van der Waals surface area contributed by atoms with Crippen LogP contribution < -0.4 is 15.5 Å². The fourth-order valence-electron chi connectivity index (χ4n) is 2.11. The maximum Gasteiger partial charge on any atom is 0.275 e. The summed E-state index contributed by atoms with van der Waals surface area (Å²) in [6, 6.07) is 11.7. The van der Waals surface area contributed by atoms with Gasteiger partial charge in [0.2, 0.25) is 5.91 Å². The number of anilines is 1. The van der Waals surface area contributed by atoms with E-state index in [1.54, 1.807) is 49.4 Å². The molecule has 0 aromatic heterocycles. The molecule has 0 bridgehead atoms. The first-order chi connectivity index (χ1) is 12.4. The molecule has 0 heterocycles. The lowest BCUT2D eigenvalue weighted by atomic mass is 10.2. The lowest BCUT2D eigenvalue weighted by Crippen LogP contribution is -2.22. The highest BCUT2D eigenvalue weighted by Crippen LogP contribution is 2.29. The van der Waals surface area contributed by atoms with Crippen LogP contribution >= 0.6 is 23.2 Å². The number of hydrazone groups is 1. The number of hydrogen-bond donors (Lipinski definition) is 2. The van der Waals surface area contributed by atoms with E-state index in [2.05, 4.69) is 15.8 Å². The van der Waals surface area contributed by atoms with Gasteiger partial charge in [-0.3, -0.25) is 9.59 Å². The maximum atomic E-state index is 12.2. The highest BCUT2D eigenvalue weighted by molar-refractivity contribution is 6.44. The molecule has 2 rings (SSSR count). The highest BCUT2D eigenvalue weighted by Gasteiger charge is 2.12. The Hall–Kier alpha value is -2.57. The van der Waals surface area contributed by atoms with Crippen LogP contribution in [-0.2, 0) is 4.79 Å². The zero-order chi connectivity index (χ0) is 19.1. The zero-order valence-electron chi connectivity index (χ0n) is 14.2. The number of amides is 2. The molecule has 0 aliphatic rings. The molecule has 0 saturated heterocycles. The average Bonchev–Trinajstić information content (AvgIpc) is 2.63. The highest BCUT2D eigenvalue weighted by atomic mass is 35.5. The first-order valence-corrected chi connectivity index (χ1v) is 8.38. The summed E-state index contributed by atoms with van der Waals surface area (Å²) in [5, 5.41) is 7.20. The van der Waals surface area contributed by atoms with Gasteiger partial charge in [-0.1, -0.05) is 41.4 Å². The molecule has 0 spiro atoms. The van der Waals surface area contributed by atoms with Crippen LogP contribution in [0.4, 0.5) is 5.69 Å². The van der Waals surface area contributed by atoms with Crippen molar-refractivity contribution in [2.45, 2.75) is 13.3 Å². The van der Waals surface area contributed by atoms with Gasteiger partial charge >= 0.3 is 0 Å². The molecular weight excluding hydrogens is 377 g/mol. The predicted molar refractivity (Wildman–Crippen MR) is 103 cm³/mol. The van der Waals surface area contributed by atoms with Crippen LogP contribution in [0, 0.1) is 0 Å². The van der Waals surface area contributed by atoms with Gasteiger partial charge in [0.1, 0.15) is 5.75 Å². The molecule has 0 unspecified atom stereocenters. The Kier molecular flexibility index (Phi) is 7.00. The number of para-hydroxylation sites is 1. The van der Waals surface area contributed by atoms with E-state index in [4.69, 9.17) is 27.9 Å². The number of carbonyl (C=O) groups is 2. The SMILES string of the molecule is COc1ccccc1C(=O)N/N=C(/C)CC(=O)Nc1cccc(Cl)c1Cl. The molecule has 26 heavy (non-hydrogen) atoms. The van der Waals surface area contributed by atoms with Crippen LogP contribution in [-0.4, -0.2) is 24.6 Å². The van der Waals surface area contributed by atoms with Crippen molar-refractivity contribution in [3.63, 3.8) is 0 Å². The number of nitrogens with zero attached hydrogens (tertiary/aromatic N) is 1. The number of benzene rings is 2. The minimum Gasteiger partial charge on any atom is -0.496 e. The van der Waals surface area contributed by atoms with Crippen LogP contribution in [0.2, 0.25) is 10.0 Å². The van der Waals surface area contributed by atoms with Crippen molar-refractivity contribution in [2.24, 2.45) is 5.10 Å². The minimum absolute atomic E-state index is 0.0188. The standard InChI is InChI=1S/C18H17Cl2N3O3/c1-11(10-16(24)21-14-8-5-7-13(19)17(14)20)22-23-18(25)12-6-3-4-9-15(12)26-2/h3-9H,10H2,1-2H3,(H,21,24)(H,23,25)/b22-11-. The summed E-state index contributed by atoms with van der Waals surface area (Å²) in [5.41, 5.74) is 3.59. The second-order valence-corrected chi connectivity index (χ2v) is 6.10. The molecule has 0 fully saturated rings. The number of carbonyl (C=O) groups excluding carboxylic acids is 2. The monoisotopic (exact) mass is 393 g/mol. The Balaban J connectivity index is 1.96. The number of nitrogens with one attached hydrogen (secondary N) is 2. The summed E-state index contributed by atoms with van der Waals surface area (Å²) < 4.78 is 5.13. The molecule has 0 atom stereocenters. The Bertz CT molecular complexity index is 853. The van der Waals surface area contributed by atoms with E-state index >= 15 is 0 Å². The van der Waals surface area contributed by atoms with Crippen molar-refractivity contribution in [1.29, 1.82) is 0 Å². The summed E-state index contributed by atoms with van der Waals surface area (Å²) in [6.45, 7) is 1.63. The van der Waals surface area contributed by atoms with Gasteiger partial charge in [-0.05, 0) is 31.2 Å². The molecule has 0 saturated carbocycles. The van der Waals surface area contributed by atoms with Crippen LogP contribution in [0.25, 0.3) is 0 Å². The smallest absolute Gasteiger partial charge is 0.275 e. The first kappa shape index (κ1) is 19.8. The fourth-order valence-corrected chi connectivity index (χ4v) is 2.45.